The van der Waals surface area contributed by atoms with Gasteiger partial charge in [-0.15, -0.1) is 0 Å². The summed E-state index contributed by atoms with van der Waals surface area (Å²) in [6.45, 7) is 0. The van der Waals surface area contributed by atoms with E-state index in [0.717, 1.165) is 5.56 Å². The number of carbonyl (C=O) groups is 2. The summed E-state index contributed by atoms with van der Waals surface area (Å²) in [6, 6.07) is 18.7. The summed E-state index contributed by atoms with van der Waals surface area (Å²) in [5.41, 5.74) is 4.27. The predicted molar refractivity (Wildman–Crippen MR) is 120 cm³/mol. The molecule has 1 N–H and O–H groups in total. The molecule has 6 nitrogen and oxygen atoms in total. The number of benzene rings is 3. The summed E-state index contributed by atoms with van der Waals surface area (Å²) in [6.07, 6.45) is 1.70. The molecule has 3 rings (SSSR count). The van der Waals surface area contributed by atoms with Crippen LogP contribution in [0.2, 0.25) is 10.0 Å². The maximum Gasteiger partial charge on any atom is 0.343 e. The normalized spacial score (nSPS) is 10.7. The van der Waals surface area contributed by atoms with E-state index in [1.54, 1.807) is 18.2 Å². The standard InChI is InChI=1S/C23H18Cl2N2O4/c1-30-21-11-16(14-26-27-22(28)12-15-5-3-2-4-6-15)7-10-20(21)31-23(29)17-8-9-18(24)19(25)13-17/h2-11,13-14H,12H2,1H3,(H,27,28)/b26-14+. The number of halogens is 2. The fourth-order valence-corrected chi connectivity index (χ4v) is 2.93. The molecule has 0 aromatic heterocycles. The van der Waals surface area contributed by atoms with Gasteiger partial charge in [-0.2, -0.15) is 5.10 Å². The second-order valence-electron chi connectivity index (χ2n) is 6.38. The summed E-state index contributed by atoms with van der Waals surface area (Å²) in [7, 11) is 1.45. The van der Waals surface area contributed by atoms with Crippen molar-refractivity contribution in [3.8, 4) is 11.5 Å². The van der Waals surface area contributed by atoms with E-state index in [1.165, 1.54) is 31.5 Å². The molecule has 0 radical (unpaired) electrons. The van der Waals surface area contributed by atoms with Crippen molar-refractivity contribution in [1.29, 1.82) is 0 Å². The molecule has 0 spiro atoms. The second kappa shape index (κ2) is 10.6. The van der Waals surface area contributed by atoms with Crippen molar-refractivity contribution in [3.05, 3.63) is 93.5 Å². The van der Waals surface area contributed by atoms with Crippen LogP contribution in [-0.4, -0.2) is 25.2 Å². The van der Waals surface area contributed by atoms with E-state index in [9.17, 15) is 9.59 Å². The van der Waals surface area contributed by atoms with Gasteiger partial charge in [0.15, 0.2) is 11.5 Å². The van der Waals surface area contributed by atoms with Gasteiger partial charge >= 0.3 is 5.97 Å². The van der Waals surface area contributed by atoms with Crippen molar-refractivity contribution in [1.82, 2.24) is 5.43 Å². The lowest BCUT2D eigenvalue weighted by Crippen LogP contribution is -2.19. The lowest BCUT2D eigenvalue weighted by Gasteiger charge is -2.10. The Morgan fingerprint density at radius 3 is 2.45 bits per heavy atom. The lowest BCUT2D eigenvalue weighted by atomic mass is 10.1. The van der Waals surface area contributed by atoms with Crippen LogP contribution in [0.15, 0.2) is 71.8 Å². The number of hydrogen-bond donors (Lipinski definition) is 1. The molecular formula is C23H18Cl2N2O4. The van der Waals surface area contributed by atoms with Crippen LogP contribution < -0.4 is 14.9 Å². The molecule has 1 amide bonds. The average molecular weight is 457 g/mol. The fraction of sp³-hybridized carbons (Fsp3) is 0.0870. The molecule has 0 heterocycles. The first-order valence-corrected chi connectivity index (χ1v) is 9.93. The van der Waals surface area contributed by atoms with E-state index < -0.39 is 5.97 Å². The molecule has 0 atom stereocenters. The van der Waals surface area contributed by atoms with Crippen LogP contribution in [0.1, 0.15) is 21.5 Å². The van der Waals surface area contributed by atoms with Gasteiger partial charge in [0.25, 0.3) is 0 Å². The first-order chi connectivity index (χ1) is 15.0. The van der Waals surface area contributed by atoms with E-state index in [0.29, 0.717) is 16.3 Å². The third-order valence-electron chi connectivity index (χ3n) is 4.16. The quantitative estimate of drug-likeness (QED) is 0.237. The number of hydrogen-bond acceptors (Lipinski definition) is 5. The number of esters is 1. The van der Waals surface area contributed by atoms with Crippen molar-refractivity contribution in [2.45, 2.75) is 6.42 Å². The molecule has 0 aliphatic rings. The Kier molecular flexibility index (Phi) is 7.65. The lowest BCUT2D eigenvalue weighted by molar-refractivity contribution is -0.120. The molecular weight excluding hydrogens is 439 g/mol. The first kappa shape index (κ1) is 22.3. The molecule has 3 aromatic rings. The predicted octanol–water partition coefficient (Wildman–Crippen LogP) is 4.91. The van der Waals surface area contributed by atoms with Gasteiger partial charge < -0.3 is 9.47 Å². The number of methoxy groups -OCH3 is 1. The molecule has 158 valence electrons. The van der Waals surface area contributed by atoms with Crippen molar-refractivity contribution in [2.24, 2.45) is 5.10 Å². The highest BCUT2D eigenvalue weighted by Crippen LogP contribution is 2.29. The summed E-state index contributed by atoms with van der Waals surface area (Å²) in [4.78, 5) is 24.3. The zero-order valence-electron chi connectivity index (χ0n) is 16.5. The highest BCUT2D eigenvalue weighted by Gasteiger charge is 2.14. The molecule has 0 bridgehead atoms. The van der Waals surface area contributed by atoms with E-state index in [-0.39, 0.29) is 28.7 Å². The largest absolute Gasteiger partial charge is 0.493 e. The summed E-state index contributed by atoms with van der Waals surface area (Å²) >= 11 is 11.8. The van der Waals surface area contributed by atoms with Crippen molar-refractivity contribution >= 4 is 41.3 Å². The first-order valence-electron chi connectivity index (χ1n) is 9.17. The summed E-state index contributed by atoms with van der Waals surface area (Å²) < 4.78 is 10.7. The Morgan fingerprint density at radius 1 is 0.968 bits per heavy atom. The number of nitrogens with zero attached hydrogens (tertiary/aromatic N) is 1. The van der Waals surface area contributed by atoms with Crippen LogP contribution in [-0.2, 0) is 11.2 Å². The van der Waals surface area contributed by atoms with Crippen LogP contribution in [0.25, 0.3) is 0 Å². The molecule has 0 aliphatic carbocycles. The molecule has 31 heavy (non-hydrogen) atoms. The van der Waals surface area contributed by atoms with E-state index in [2.05, 4.69) is 10.5 Å². The second-order valence-corrected chi connectivity index (χ2v) is 7.20. The molecule has 3 aromatic carbocycles. The van der Waals surface area contributed by atoms with Crippen LogP contribution in [0.3, 0.4) is 0 Å². The number of nitrogens with one attached hydrogen (secondary N) is 1. The van der Waals surface area contributed by atoms with Crippen LogP contribution >= 0.6 is 23.2 Å². The average Bonchev–Trinajstić information content (AvgIpc) is 2.77. The Hall–Kier alpha value is -3.35. The van der Waals surface area contributed by atoms with Crippen molar-refractivity contribution in [3.63, 3.8) is 0 Å². The molecule has 0 fully saturated rings. The minimum absolute atomic E-state index is 0.226. The van der Waals surface area contributed by atoms with Gasteiger partial charge in [0.05, 0.1) is 35.4 Å². The number of ether oxygens (including phenoxy) is 2. The van der Waals surface area contributed by atoms with Crippen LogP contribution in [0.4, 0.5) is 0 Å². The number of carbonyl (C=O) groups excluding carboxylic acids is 2. The van der Waals surface area contributed by atoms with Crippen molar-refractivity contribution < 1.29 is 19.1 Å². The topological polar surface area (TPSA) is 77.0 Å². The van der Waals surface area contributed by atoms with E-state index >= 15 is 0 Å². The Labute approximate surface area is 189 Å². The smallest absolute Gasteiger partial charge is 0.343 e. The van der Waals surface area contributed by atoms with E-state index in [4.69, 9.17) is 32.7 Å². The molecule has 0 saturated heterocycles. The molecule has 0 unspecified atom stereocenters. The third kappa shape index (κ3) is 6.31. The monoisotopic (exact) mass is 456 g/mol. The highest BCUT2D eigenvalue weighted by atomic mass is 35.5. The van der Waals surface area contributed by atoms with Gasteiger partial charge in [0.2, 0.25) is 5.91 Å². The van der Waals surface area contributed by atoms with Crippen molar-refractivity contribution in [2.75, 3.05) is 7.11 Å². The number of rotatable bonds is 7. The highest BCUT2D eigenvalue weighted by molar-refractivity contribution is 6.42. The Morgan fingerprint density at radius 2 is 1.74 bits per heavy atom. The minimum Gasteiger partial charge on any atom is -0.493 e. The minimum atomic E-state index is -0.605. The fourth-order valence-electron chi connectivity index (χ4n) is 2.63. The summed E-state index contributed by atoms with van der Waals surface area (Å²) in [5.74, 6) is -0.287. The number of amides is 1. The maximum atomic E-state index is 12.4. The zero-order valence-corrected chi connectivity index (χ0v) is 18.0. The van der Waals surface area contributed by atoms with E-state index in [1.807, 2.05) is 30.3 Å². The van der Waals surface area contributed by atoms with Gasteiger partial charge in [0.1, 0.15) is 0 Å². The van der Waals surface area contributed by atoms with Crippen LogP contribution in [0.5, 0.6) is 11.5 Å². The Balaban J connectivity index is 1.63. The maximum absolute atomic E-state index is 12.4. The van der Waals surface area contributed by atoms with Crippen LogP contribution in [0, 0.1) is 0 Å². The number of hydrazone groups is 1. The van der Waals surface area contributed by atoms with Gasteiger partial charge in [-0.05, 0) is 47.5 Å². The van der Waals surface area contributed by atoms with Gasteiger partial charge in [-0.1, -0.05) is 53.5 Å². The molecule has 8 heteroatoms. The SMILES string of the molecule is COc1cc(/C=N/NC(=O)Cc2ccccc2)ccc1OC(=O)c1ccc(Cl)c(Cl)c1. The van der Waals surface area contributed by atoms with Gasteiger partial charge in [-0.3, -0.25) is 4.79 Å². The molecule has 0 saturated carbocycles. The third-order valence-corrected chi connectivity index (χ3v) is 4.90. The van der Waals surface area contributed by atoms with Gasteiger partial charge in [-0.25, -0.2) is 10.2 Å². The molecule has 0 aliphatic heterocycles. The van der Waals surface area contributed by atoms with Gasteiger partial charge in [0, 0.05) is 0 Å². The zero-order chi connectivity index (χ0) is 22.2. The summed E-state index contributed by atoms with van der Waals surface area (Å²) in [5, 5.41) is 4.55. The Bertz CT molecular complexity index is 1120.